The Morgan fingerprint density at radius 3 is 2.81 bits per heavy atom. The van der Waals surface area contributed by atoms with E-state index in [9.17, 15) is 12.8 Å². The molecule has 0 amide bonds. The third kappa shape index (κ3) is 3.74. The fourth-order valence-electron chi connectivity index (χ4n) is 2.33. The highest BCUT2D eigenvalue weighted by atomic mass is 79.9. The van der Waals surface area contributed by atoms with E-state index in [2.05, 4.69) is 26.0 Å². The van der Waals surface area contributed by atoms with Gasteiger partial charge in [-0.25, -0.2) is 17.5 Å². The molecule has 2 atom stereocenters. The summed E-state index contributed by atoms with van der Waals surface area (Å²) in [6, 6.07) is 2.11. The van der Waals surface area contributed by atoms with Gasteiger partial charge in [-0.2, -0.15) is 0 Å². The van der Waals surface area contributed by atoms with Crippen molar-refractivity contribution in [3.8, 4) is 5.75 Å². The molecule has 8 heteroatoms. The van der Waals surface area contributed by atoms with Crippen LogP contribution in [0.2, 0.25) is 0 Å². The van der Waals surface area contributed by atoms with E-state index in [-0.39, 0.29) is 27.1 Å². The third-order valence-corrected chi connectivity index (χ3v) is 5.71. The molecule has 0 saturated carbocycles. The van der Waals surface area contributed by atoms with Crippen molar-refractivity contribution in [2.45, 2.75) is 24.3 Å². The van der Waals surface area contributed by atoms with Crippen LogP contribution in [0.4, 0.5) is 4.39 Å². The average molecular weight is 381 g/mol. The molecule has 1 aromatic rings. The Bertz CT molecular complexity index is 624. The largest absolute Gasteiger partial charge is 0.495 e. The Hall–Kier alpha value is -0.700. The number of ether oxygens (including phenoxy) is 1. The van der Waals surface area contributed by atoms with Crippen molar-refractivity contribution < 1.29 is 17.5 Å². The van der Waals surface area contributed by atoms with Gasteiger partial charge >= 0.3 is 0 Å². The van der Waals surface area contributed by atoms with Crippen molar-refractivity contribution in [3.05, 3.63) is 22.4 Å². The van der Waals surface area contributed by atoms with Gasteiger partial charge in [0.25, 0.3) is 0 Å². The molecule has 1 aliphatic rings. The molecule has 21 heavy (non-hydrogen) atoms. The first-order valence-corrected chi connectivity index (χ1v) is 8.89. The second-order valence-corrected chi connectivity index (χ2v) is 7.65. The summed E-state index contributed by atoms with van der Waals surface area (Å²) in [5.74, 6) is -0.369. The second kappa shape index (κ2) is 6.60. The van der Waals surface area contributed by atoms with Crippen LogP contribution in [0.15, 0.2) is 21.5 Å². The monoisotopic (exact) mass is 380 g/mol. The summed E-state index contributed by atoms with van der Waals surface area (Å²) < 4.78 is 46.5. The van der Waals surface area contributed by atoms with E-state index in [1.54, 1.807) is 0 Å². The zero-order valence-electron chi connectivity index (χ0n) is 11.8. The molecule has 0 spiro atoms. The number of hydrogen-bond donors (Lipinski definition) is 2. The molecule has 1 saturated heterocycles. The van der Waals surface area contributed by atoms with Gasteiger partial charge in [0.15, 0.2) is 0 Å². The molecular weight excluding hydrogens is 363 g/mol. The molecule has 1 fully saturated rings. The minimum Gasteiger partial charge on any atom is -0.495 e. The SMILES string of the molecule is COc1cc(Br)c(F)cc1S(=O)(=O)NC1CCNCC1C. The lowest BCUT2D eigenvalue weighted by molar-refractivity contribution is 0.327. The van der Waals surface area contributed by atoms with Crippen molar-refractivity contribution in [3.63, 3.8) is 0 Å². The van der Waals surface area contributed by atoms with Gasteiger partial charge in [0, 0.05) is 6.04 Å². The van der Waals surface area contributed by atoms with Crippen LogP contribution in [0.5, 0.6) is 5.75 Å². The molecule has 5 nitrogen and oxygen atoms in total. The van der Waals surface area contributed by atoms with Gasteiger partial charge < -0.3 is 10.1 Å². The lowest BCUT2D eigenvalue weighted by Crippen LogP contribution is -2.48. The summed E-state index contributed by atoms with van der Waals surface area (Å²) >= 11 is 3.02. The molecule has 2 rings (SSSR count). The van der Waals surface area contributed by atoms with Crippen LogP contribution in [0.25, 0.3) is 0 Å². The first-order chi connectivity index (χ1) is 9.85. The summed E-state index contributed by atoms with van der Waals surface area (Å²) in [6.45, 7) is 3.47. The van der Waals surface area contributed by atoms with E-state index in [0.29, 0.717) is 6.42 Å². The second-order valence-electron chi connectivity index (χ2n) is 5.12. The first kappa shape index (κ1) is 16.7. The van der Waals surface area contributed by atoms with Crippen LogP contribution in [0.1, 0.15) is 13.3 Å². The average Bonchev–Trinajstić information content (AvgIpc) is 2.43. The van der Waals surface area contributed by atoms with Gasteiger partial charge in [0.1, 0.15) is 16.5 Å². The van der Waals surface area contributed by atoms with Gasteiger partial charge in [0.2, 0.25) is 10.0 Å². The number of benzene rings is 1. The molecule has 0 radical (unpaired) electrons. The Balaban J connectivity index is 2.33. The number of piperidine rings is 1. The van der Waals surface area contributed by atoms with E-state index >= 15 is 0 Å². The molecule has 2 unspecified atom stereocenters. The fraction of sp³-hybridized carbons (Fsp3) is 0.538. The van der Waals surface area contributed by atoms with Crippen LogP contribution in [-0.4, -0.2) is 34.7 Å². The van der Waals surface area contributed by atoms with Gasteiger partial charge in [-0.05, 0) is 53.5 Å². The number of sulfonamides is 1. The predicted molar refractivity (Wildman–Crippen MR) is 81.4 cm³/mol. The van der Waals surface area contributed by atoms with Crippen LogP contribution in [0.3, 0.4) is 0 Å². The Kier molecular flexibility index (Phi) is 5.24. The van der Waals surface area contributed by atoms with Crippen LogP contribution in [-0.2, 0) is 10.0 Å². The van der Waals surface area contributed by atoms with Gasteiger partial charge in [-0.3, -0.25) is 0 Å². The Morgan fingerprint density at radius 1 is 1.48 bits per heavy atom. The van der Waals surface area contributed by atoms with Crippen LogP contribution in [0, 0.1) is 11.7 Å². The summed E-state index contributed by atoms with van der Waals surface area (Å²) in [5, 5.41) is 3.20. The molecule has 1 heterocycles. The number of nitrogens with one attached hydrogen (secondary N) is 2. The highest BCUT2D eigenvalue weighted by Crippen LogP contribution is 2.30. The predicted octanol–water partition coefficient (Wildman–Crippen LogP) is 1.87. The minimum absolute atomic E-state index is 0.109. The van der Waals surface area contributed by atoms with E-state index in [1.165, 1.54) is 13.2 Å². The summed E-state index contributed by atoms with van der Waals surface area (Å²) in [5.41, 5.74) is 0. The smallest absolute Gasteiger partial charge is 0.244 e. The molecule has 2 N–H and O–H groups in total. The van der Waals surface area contributed by atoms with E-state index in [0.717, 1.165) is 19.2 Å². The van der Waals surface area contributed by atoms with Crippen LogP contribution < -0.4 is 14.8 Å². The molecule has 1 aromatic carbocycles. The molecule has 118 valence electrons. The maximum atomic E-state index is 13.7. The number of halogens is 2. The third-order valence-electron chi connectivity index (χ3n) is 3.59. The molecular formula is C13H18BrFN2O3S. The lowest BCUT2D eigenvalue weighted by atomic mass is 9.97. The Morgan fingerprint density at radius 2 is 2.19 bits per heavy atom. The van der Waals surface area contributed by atoms with Crippen molar-refractivity contribution >= 4 is 26.0 Å². The standard InChI is InChI=1S/C13H18BrFN2O3S/c1-8-7-16-4-3-11(8)17-21(18,19)13-6-10(15)9(14)5-12(13)20-2/h5-6,8,11,16-17H,3-4,7H2,1-2H3. The maximum absolute atomic E-state index is 13.7. The highest BCUT2D eigenvalue weighted by molar-refractivity contribution is 9.10. The normalized spacial score (nSPS) is 23.0. The first-order valence-electron chi connectivity index (χ1n) is 6.61. The van der Waals surface area contributed by atoms with Crippen molar-refractivity contribution in [2.75, 3.05) is 20.2 Å². The number of hydrogen-bond acceptors (Lipinski definition) is 4. The molecule has 1 aliphatic heterocycles. The lowest BCUT2D eigenvalue weighted by Gasteiger charge is -2.30. The van der Waals surface area contributed by atoms with Crippen molar-refractivity contribution in [1.29, 1.82) is 0 Å². The zero-order valence-corrected chi connectivity index (χ0v) is 14.2. The maximum Gasteiger partial charge on any atom is 0.244 e. The summed E-state index contributed by atoms with van der Waals surface area (Å²) in [6.07, 6.45) is 0.696. The van der Waals surface area contributed by atoms with Crippen molar-refractivity contribution in [1.82, 2.24) is 10.0 Å². The summed E-state index contributed by atoms with van der Waals surface area (Å²) in [7, 11) is -2.49. The number of methoxy groups -OCH3 is 1. The fourth-order valence-corrected chi connectivity index (χ4v) is 4.20. The van der Waals surface area contributed by atoms with Gasteiger partial charge in [-0.1, -0.05) is 6.92 Å². The minimum atomic E-state index is -3.84. The molecule has 0 aromatic heterocycles. The summed E-state index contributed by atoms with van der Waals surface area (Å²) in [4.78, 5) is -0.184. The van der Waals surface area contributed by atoms with Gasteiger partial charge in [0.05, 0.1) is 11.6 Å². The number of rotatable bonds is 4. The van der Waals surface area contributed by atoms with Gasteiger partial charge in [-0.15, -0.1) is 0 Å². The zero-order chi connectivity index (χ0) is 15.6. The molecule has 0 bridgehead atoms. The molecule has 0 aliphatic carbocycles. The topological polar surface area (TPSA) is 67.4 Å². The van der Waals surface area contributed by atoms with E-state index < -0.39 is 15.8 Å². The van der Waals surface area contributed by atoms with Crippen LogP contribution >= 0.6 is 15.9 Å². The van der Waals surface area contributed by atoms with Crippen molar-refractivity contribution in [2.24, 2.45) is 5.92 Å². The van der Waals surface area contributed by atoms with E-state index in [1.807, 2.05) is 6.92 Å². The van der Waals surface area contributed by atoms with E-state index in [4.69, 9.17) is 4.74 Å². The Labute approximate surface area is 132 Å². The quantitative estimate of drug-likeness (QED) is 0.836. The highest BCUT2D eigenvalue weighted by Gasteiger charge is 2.29.